The van der Waals surface area contributed by atoms with Gasteiger partial charge in [-0.3, -0.25) is 0 Å². The number of halogens is 1. The number of methoxy groups -OCH3 is 1. The van der Waals surface area contributed by atoms with Crippen molar-refractivity contribution in [2.45, 2.75) is 0 Å². The Morgan fingerprint density at radius 1 is 1.13 bits per heavy atom. The number of rotatable bonds is 4. The normalized spacial score (nSPS) is 10.3. The molecule has 0 radical (unpaired) electrons. The fourth-order valence-corrected chi connectivity index (χ4v) is 2.01. The smallest absolute Gasteiger partial charge is 0.337 e. The molecule has 0 amide bonds. The molecule has 0 unspecified atom stereocenters. The number of nitrogens with one attached hydrogen (secondary N) is 1. The summed E-state index contributed by atoms with van der Waals surface area (Å²) in [5.41, 5.74) is 1.90. The van der Waals surface area contributed by atoms with E-state index in [4.69, 9.17) is 4.42 Å². The van der Waals surface area contributed by atoms with Gasteiger partial charge in [-0.25, -0.2) is 14.2 Å². The molecule has 6 heteroatoms. The Labute approximate surface area is 131 Å². The van der Waals surface area contributed by atoms with Crippen LogP contribution in [-0.4, -0.2) is 18.1 Å². The van der Waals surface area contributed by atoms with Crippen molar-refractivity contribution in [3.05, 3.63) is 66.1 Å². The lowest BCUT2D eigenvalue weighted by molar-refractivity contribution is 0.0600. The van der Waals surface area contributed by atoms with Crippen LogP contribution in [0.3, 0.4) is 0 Å². The number of anilines is 2. The molecule has 116 valence electrons. The van der Waals surface area contributed by atoms with E-state index in [1.165, 1.54) is 19.2 Å². The number of carbonyl (C=O) groups is 1. The van der Waals surface area contributed by atoms with Crippen LogP contribution in [-0.2, 0) is 4.74 Å². The van der Waals surface area contributed by atoms with Crippen molar-refractivity contribution in [1.82, 2.24) is 4.98 Å². The summed E-state index contributed by atoms with van der Waals surface area (Å²) < 4.78 is 23.1. The van der Waals surface area contributed by atoms with Gasteiger partial charge in [0.15, 0.2) is 5.76 Å². The molecular formula is C17H13FN2O3. The average molecular weight is 312 g/mol. The minimum absolute atomic E-state index is 0.295. The highest BCUT2D eigenvalue weighted by Crippen LogP contribution is 2.25. The second kappa shape index (κ2) is 6.31. The van der Waals surface area contributed by atoms with E-state index in [9.17, 15) is 9.18 Å². The predicted octanol–water partition coefficient (Wildman–Crippen LogP) is 4.01. The van der Waals surface area contributed by atoms with Gasteiger partial charge in [-0.05, 0) is 36.4 Å². The molecule has 1 aromatic heterocycles. The summed E-state index contributed by atoms with van der Waals surface area (Å²) in [7, 11) is 1.33. The number of hydrogen-bond donors (Lipinski definition) is 1. The zero-order valence-corrected chi connectivity index (χ0v) is 12.2. The Morgan fingerprint density at radius 2 is 1.83 bits per heavy atom. The Hall–Kier alpha value is -3.15. The topological polar surface area (TPSA) is 64.4 Å². The molecule has 0 aliphatic rings. The van der Waals surface area contributed by atoms with E-state index in [1.807, 2.05) is 0 Å². The van der Waals surface area contributed by atoms with E-state index in [2.05, 4.69) is 15.0 Å². The van der Waals surface area contributed by atoms with Crippen LogP contribution in [0.25, 0.3) is 11.3 Å². The summed E-state index contributed by atoms with van der Waals surface area (Å²) in [6.45, 7) is 0. The number of esters is 1. The van der Waals surface area contributed by atoms with Crippen molar-refractivity contribution in [3.8, 4) is 11.3 Å². The lowest BCUT2D eigenvalue weighted by atomic mass is 10.1. The molecule has 0 saturated heterocycles. The lowest BCUT2D eigenvalue weighted by Gasteiger charge is -2.02. The van der Waals surface area contributed by atoms with Gasteiger partial charge in [-0.1, -0.05) is 12.1 Å². The minimum Gasteiger partial charge on any atom is -0.465 e. The average Bonchev–Trinajstić information content (AvgIpc) is 3.05. The van der Waals surface area contributed by atoms with Gasteiger partial charge in [0.05, 0.1) is 18.9 Å². The van der Waals surface area contributed by atoms with Crippen LogP contribution in [0.5, 0.6) is 0 Å². The second-order valence-electron chi connectivity index (χ2n) is 4.73. The maximum atomic E-state index is 12.9. The largest absolute Gasteiger partial charge is 0.465 e. The highest BCUT2D eigenvalue weighted by atomic mass is 19.1. The Morgan fingerprint density at radius 3 is 2.48 bits per heavy atom. The second-order valence-corrected chi connectivity index (χ2v) is 4.73. The van der Waals surface area contributed by atoms with Crippen molar-refractivity contribution < 1.29 is 18.3 Å². The number of nitrogens with zero attached hydrogens (tertiary/aromatic N) is 1. The molecule has 5 nitrogen and oxygen atoms in total. The number of hydrogen-bond acceptors (Lipinski definition) is 5. The number of oxazole rings is 1. The van der Waals surface area contributed by atoms with Crippen molar-refractivity contribution >= 4 is 17.7 Å². The quantitative estimate of drug-likeness (QED) is 0.737. The van der Waals surface area contributed by atoms with Gasteiger partial charge in [-0.2, -0.15) is 0 Å². The molecule has 0 fully saturated rings. The van der Waals surface area contributed by atoms with Gasteiger partial charge >= 0.3 is 5.97 Å². The van der Waals surface area contributed by atoms with E-state index in [1.54, 1.807) is 42.6 Å². The predicted molar refractivity (Wildman–Crippen MR) is 83.0 cm³/mol. The molecule has 1 N–H and O–H groups in total. The molecule has 0 aliphatic carbocycles. The molecule has 1 heterocycles. The molecule has 3 aromatic rings. The SMILES string of the molecule is COC(=O)c1ccc(-c2cnc(Nc3ccc(F)cc3)o2)cc1. The van der Waals surface area contributed by atoms with Crippen molar-refractivity contribution in [3.63, 3.8) is 0 Å². The third-order valence-corrected chi connectivity index (χ3v) is 3.19. The van der Waals surface area contributed by atoms with Gasteiger partial charge in [0, 0.05) is 11.3 Å². The van der Waals surface area contributed by atoms with E-state index in [-0.39, 0.29) is 5.82 Å². The standard InChI is InChI=1S/C17H13FN2O3/c1-22-16(21)12-4-2-11(3-5-12)15-10-19-17(23-15)20-14-8-6-13(18)7-9-14/h2-10H,1H3,(H,19,20). The molecule has 0 atom stereocenters. The Kier molecular flexibility index (Phi) is 4.05. The molecular weight excluding hydrogens is 299 g/mol. The molecule has 0 spiro atoms. The van der Waals surface area contributed by atoms with Gasteiger partial charge < -0.3 is 14.5 Å². The van der Waals surface area contributed by atoms with Gasteiger partial charge in [0.2, 0.25) is 0 Å². The number of carbonyl (C=O) groups excluding carboxylic acids is 1. The summed E-state index contributed by atoms with van der Waals surface area (Å²) in [4.78, 5) is 15.5. The van der Waals surface area contributed by atoms with E-state index < -0.39 is 5.97 Å². The summed E-state index contributed by atoms with van der Waals surface area (Å²) in [6.07, 6.45) is 1.57. The summed E-state index contributed by atoms with van der Waals surface area (Å²) in [5.74, 6) is -0.159. The van der Waals surface area contributed by atoms with E-state index >= 15 is 0 Å². The molecule has 0 bridgehead atoms. The molecule has 2 aromatic carbocycles. The first-order valence-electron chi connectivity index (χ1n) is 6.83. The third kappa shape index (κ3) is 3.37. The van der Waals surface area contributed by atoms with Crippen LogP contribution in [0.4, 0.5) is 16.1 Å². The number of benzene rings is 2. The summed E-state index contributed by atoms with van der Waals surface area (Å²) in [6, 6.07) is 12.9. The molecule has 0 aliphatic heterocycles. The van der Waals surface area contributed by atoms with Gasteiger partial charge in [0.25, 0.3) is 6.01 Å². The first-order valence-corrected chi connectivity index (χ1v) is 6.83. The summed E-state index contributed by atoms with van der Waals surface area (Å²) in [5, 5.41) is 2.94. The maximum absolute atomic E-state index is 12.9. The zero-order chi connectivity index (χ0) is 16.2. The Bertz CT molecular complexity index is 811. The van der Waals surface area contributed by atoms with Crippen molar-refractivity contribution in [2.24, 2.45) is 0 Å². The van der Waals surface area contributed by atoms with Crippen LogP contribution in [0, 0.1) is 5.82 Å². The highest BCUT2D eigenvalue weighted by Gasteiger charge is 2.09. The molecule has 23 heavy (non-hydrogen) atoms. The van der Waals surface area contributed by atoms with Crippen LogP contribution >= 0.6 is 0 Å². The lowest BCUT2D eigenvalue weighted by Crippen LogP contribution is -2.00. The number of ether oxygens (including phenoxy) is 1. The Balaban J connectivity index is 1.76. The first-order chi connectivity index (χ1) is 11.2. The fraction of sp³-hybridized carbons (Fsp3) is 0.0588. The van der Waals surface area contributed by atoms with Crippen molar-refractivity contribution in [2.75, 3.05) is 12.4 Å². The van der Waals surface area contributed by atoms with E-state index in [0.29, 0.717) is 23.0 Å². The fourth-order valence-electron chi connectivity index (χ4n) is 2.01. The maximum Gasteiger partial charge on any atom is 0.337 e. The van der Waals surface area contributed by atoms with Crippen LogP contribution in [0.2, 0.25) is 0 Å². The molecule has 3 rings (SSSR count). The van der Waals surface area contributed by atoms with Crippen LogP contribution < -0.4 is 5.32 Å². The van der Waals surface area contributed by atoms with Gasteiger partial charge in [-0.15, -0.1) is 0 Å². The van der Waals surface area contributed by atoms with Crippen molar-refractivity contribution in [1.29, 1.82) is 0 Å². The monoisotopic (exact) mass is 312 g/mol. The van der Waals surface area contributed by atoms with Gasteiger partial charge in [0.1, 0.15) is 5.82 Å². The van der Waals surface area contributed by atoms with Crippen LogP contribution in [0.1, 0.15) is 10.4 Å². The third-order valence-electron chi connectivity index (χ3n) is 3.19. The molecule has 0 saturated carbocycles. The minimum atomic E-state index is -0.396. The van der Waals surface area contributed by atoms with E-state index in [0.717, 1.165) is 5.56 Å². The summed E-state index contributed by atoms with van der Waals surface area (Å²) >= 11 is 0. The number of aromatic nitrogens is 1. The van der Waals surface area contributed by atoms with Crippen LogP contribution in [0.15, 0.2) is 59.1 Å². The zero-order valence-electron chi connectivity index (χ0n) is 12.2. The highest BCUT2D eigenvalue weighted by molar-refractivity contribution is 5.89. The first kappa shape index (κ1) is 14.8.